The molecule has 1 aromatic carbocycles. The first-order chi connectivity index (χ1) is 9.47. The molecule has 9 heteroatoms. The second-order valence-corrected chi connectivity index (χ2v) is 3.90. The molecule has 1 aromatic rings. The molecule has 0 fully saturated rings. The van der Waals surface area contributed by atoms with Crippen LogP contribution in [0.2, 0.25) is 0 Å². The third-order valence-electron chi connectivity index (χ3n) is 2.44. The summed E-state index contributed by atoms with van der Waals surface area (Å²) in [6.45, 7) is -0.719. The van der Waals surface area contributed by atoms with Crippen LogP contribution in [0.1, 0.15) is 0 Å². The Morgan fingerprint density at radius 2 is 2.00 bits per heavy atom. The molecule has 0 aliphatic carbocycles. The van der Waals surface area contributed by atoms with Crippen molar-refractivity contribution >= 4 is 17.6 Å². The predicted octanol–water partition coefficient (Wildman–Crippen LogP) is -0.933. The molecule has 0 aliphatic heterocycles. The van der Waals surface area contributed by atoms with Gasteiger partial charge in [0.25, 0.3) is 5.69 Å². The highest BCUT2D eigenvalue weighted by atomic mass is 16.6. The standard InChI is InChI=1S/C11H15N3O6/c15-6-10(17)11(18)9(16)5-12-13-7-3-1-2-4-8(7)14(19)20/h1-5,9-11,13,15-18H,6H2/b12-5+/t9-,10-,11+/m1/s1. The van der Waals surface area contributed by atoms with Gasteiger partial charge >= 0.3 is 0 Å². The van der Waals surface area contributed by atoms with Crippen molar-refractivity contribution in [2.75, 3.05) is 12.0 Å². The normalized spacial score (nSPS) is 15.8. The minimum atomic E-state index is -1.61. The van der Waals surface area contributed by atoms with E-state index in [9.17, 15) is 20.3 Å². The highest BCUT2D eigenvalue weighted by Gasteiger charge is 2.22. The first-order valence-electron chi connectivity index (χ1n) is 5.65. The molecule has 0 heterocycles. The van der Waals surface area contributed by atoms with E-state index in [1.165, 1.54) is 18.2 Å². The van der Waals surface area contributed by atoms with Crippen LogP contribution in [0.4, 0.5) is 11.4 Å². The van der Waals surface area contributed by atoms with Gasteiger partial charge in [-0.3, -0.25) is 15.5 Å². The third kappa shape index (κ3) is 4.24. The van der Waals surface area contributed by atoms with Crippen molar-refractivity contribution in [2.24, 2.45) is 5.10 Å². The lowest BCUT2D eigenvalue weighted by Gasteiger charge is -2.18. The van der Waals surface area contributed by atoms with Crippen molar-refractivity contribution in [2.45, 2.75) is 18.3 Å². The molecule has 3 atom stereocenters. The zero-order chi connectivity index (χ0) is 15.1. The lowest BCUT2D eigenvalue weighted by Crippen LogP contribution is -2.40. The largest absolute Gasteiger partial charge is 0.394 e. The topological polar surface area (TPSA) is 148 Å². The number of nitrogens with one attached hydrogen (secondary N) is 1. The van der Waals surface area contributed by atoms with Crippen LogP contribution in [0.25, 0.3) is 0 Å². The number of para-hydroxylation sites is 2. The van der Waals surface area contributed by atoms with E-state index in [0.717, 1.165) is 6.21 Å². The summed E-state index contributed by atoms with van der Waals surface area (Å²) in [4.78, 5) is 10.1. The molecular formula is C11H15N3O6. The van der Waals surface area contributed by atoms with Crippen LogP contribution >= 0.6 is 0 Å². The quantitative estimate of drug-likeness (QED) is 0.247. The molecule has 0 saturated heterocycles. The highest BCUT2D eigenvalue weighted by Crippen LogP contribution is 2.22. The number of anilines is 1. The number of aliphatic hydroxyl groups is 4. The molecule has 110 valence electrons. The van der Waals surface area contributed by atoms with Gasteiger partial charge in [-0.05, 0) is 6.07 Å². The van der Waals surface area contributed by atoms with Gasteiger partial charge in [0.15, 0.2) is 0 Å². The van der Waals surface area contributed by atoms with Crippen molar-refractivity contribution < 1.29 is 25.3 Å². The molecule has 0 spiro atoms. The van der Waals surface area contributed by atoms with Crippen LogP contribution in [-0.4, -0.2) is 56.5 Å². The summed E-state index contributed by atoms with van der Waals surface area (Å²) in [7, 11) is 0. The first kappa shape index (κ1) is 16.0. The van der Waals surface area contributed by atoms with Gasteiger partial charge in [0.2, 0.25) is 0 Å². The smallest absolute Gasteiger partial charge is 0.294 e. The Labute approximate surface area is 114 Å². The van der Waals surface area contributed by atoms with Gasteiger partial charge in [-0.1, -0.05) is 12.1 Å². The molecule has 0 unspecified atom stereocenters. The molecule has 0 radical (unpaired) electrons. The summed E-state index contributed by atoms with van der Waals surface area (Å²) in [6, 6.07) is 5.74. The number of rotatable bonds is 7. The summed E-state index contributed by atoms with van der Waals surface area (Å²) in [6.07, 6.45) is -3.80. The van der Waals surface area contributed by atoms with Crippen LogP contribution in [0.15, 0.2) is 29.4 Å². The van der Waals surface area contributed by atoms with E-state index in [2.05, 4.69) is 10.5 Å². The molecule has 0 aliphatic rings. The van der Waals surface area contributed by atoms with E-state index >= 15 is 0 Å². The number of nitro groups is 1. The van der Waals surface area contributed by atoms with Crippen molar-refractivity contribution in [1.82, 2.24) is 0 Å². The zero-order valence-electron chi connectivity index (χ0n) is 10.3. The Hall–Kier alpha value is -2.07. The highest BCUT2D eigenvalue weighted by molar-refractivity contribution is 5.67. The summed E-state index contributed by atoms with van der Waals surface area (Å²) in [5.74, 6) is 0. The molecule has 0 bridgehead atoms. The van der Waals surface area contributed by atoms with Gasteiger partial charge in [0.05, 0.1) is 17.7 Å². The summed E-state index contributed by atoms with van der Waals surface area (Å²) < 4.78 is 0. The van der Waals surface area contributed by atoms with Gasteiger partial charge in [-0.15, -0.1) is 0 Å². The summed E-state index contributed by atoms with van der Waals surface area (Å²) >= 11 is 0. The van der Waals surface area contributed by atoms with E-state index in [1.807, 2.05) is 0 Å². The molecule has 0 saturated carbocycles. The summed E-state index contributed by atoms with van der Waals surface area (Å²) in [5, 5.41) is 50.7. The second kappa shape index (κ2) is 7.50. The Morgan fingerprint density at radius 1 is 1.35 bits per heavy atom. The minimum absolute atomic E-state index is 0.109. The summed E-state index contributed by atoms with van der Waals surface area (Å²) in [5.41, 5.74) is 2.26. The molecule has 9 nitrogen and oxygen atoms in total. The Balaban J connectivity index is 2.67. The SMILES string of the molecule is O=[N+]([O-])c1ccccc1N/N=C/[C@@H](O)[C@H](O)[C@H](O)CO. The third-order valence-corrected chi connectivity index (χ3v) is 2.44. The van der Waals surface area contributed by atoms with Crippen molar-refractivity contribution in [1.29, 1.82) is 0 Å². The monoisotopic (exact) mass is 285 g/mol. The molecule has 0 amide bonds. The fraction of sp³-hybridized carbons (Fsp3) is 0.364. The van der Waals surface area contributed by atoms with E-state index in [4.69, 9.17) is 10.2 Å². The minimum Gasteiger partial charge on any atom is -0.394 e. The molecule has 1 rings (SSSR count). The first-order valence-corrected chi connectivity index (χ1v) is 5.65. The van der Waals surface area contributed by atoms with Crippen LogP contribution in [-0.2, 0) is 0 Å². The van der Waals surface area contributed by atoms with Gasteiger partial charge in [-0.2, -0.15) is 5.10 Å². The number of nitro benzene ring substituents is 1. The second-order valence-electron chi connectivity index (χ2n) is 3.90. The number of hydrazone groups is 1. The van der Waals surface area contributed by atoms with Gasteiger partial charge < -0.3 is 20.4 Å². The van der Waals surface area contributed by atoms with E-state index in [1.54, 1.807) is 6.07 Å². The Kier molecular flexibility index (Phi) is 6.00. The van der Waals surface area contributed by atoms with Crippen LogP contribution in [0, 0.1) is 10.1 Å². The average Bonchev–Trinajstić information content (AvgIpc) is 2.45. The number of benzene rings is 1. The maximum absolute atomic E-state index is 10.7. The molecular weight excluding hydrogens is 270 g/mol. The number of hydrogen-bond donors (Lipinski definition) is 5. The van der Waals surface area contributed by atoms with Crippen molar-refractivity contribution in [3.8, 4) is 0 Å². The van der Waals surface area contributed by atoms with Crippen LogP contribution in [0.3, 0.4) is 0 Å². The average molecular weight is 285 g/mol. The maximum Gasteiger partial charge on any atom is 0.294 e. The van der Waals surface area contributed by atoms with Crippen LogP contribution in [0.5, 0.6) is 0 Å². The maximum atomic E-state index is 10.7. The van der Waals surface area contributed by atoms with Gasteiger partial charge in [0.1, 0.15) is 24.0 Å². The van der Waals surface area contributed by atoms with E-state index in [-0.39, 0.29) is 11.4 Å². The fourth-order valence-electron chi connectivity index (χ4n) is 1.33. The van der Waals surface area contributed by atoms with E-state index in [0.29, 0.717) is 0 Å². The van der Waals surface area contributed by atoms with Gasteiger partial charge in [-0.25, -0.2) is 0 Å². The predicted molar refractivity (Wildman–Crippen MR) is 70.3 cm³/mol. The fourth-order valence-corrected chi connectivity index (χ4v) is 1.33. The molecule has 20 heavy (non-hydrogen) atoms. The lowest BCUT2D eigenvalue weighted by atomic mass is 10.1. The lowest BCUT2D eigenvalue weighted by molar-refractivity contribution is -0.384. The number of aliphatic hydroxyl groups excluding tert-OH is 4. The van der Waals surface area contributed by atoms with Crippen molar-refractivity contribution in [3.63, 3.8) is 0 Å². The molecule has 0 aromatic heterocycles. The Bertz CT molecular complexity index is 481. The number of hydrogen-bond acceptors (Lipinski definition) is 8. The van der Waals surface area contributed by atoms with E-state index < -0.39 is 29.8 Å². The Morgan fingerprint density at radius 3 is 2.60 bits per heavy atom. The van der Waals surface area contributed by atoms with Crippen LogP contribution < -0.4 is 5.43 Å². The van der Waals surface area contributed by atoms with Crippen molar-refractivity contribution in [3.05, 3.63) is 34.4 Å². The van der Waals surface area contributed by atoms with Gasteiger partial charge in [0, 0.05) is 6.07 Å². The zero-order valence-corrected chi connectivity index (χ0v) is 10.3. The number of nitrogens with zero attached hydrogens (tertiary/aromatic N) is 2. The molecule has 5 N–H and O–H groups in total.